The van der Waals surface area contributed by atoms with Crippen LogP contribution in [-0.4, -0.2) is 15.9 Å². The number of furan rings is 1. The first kappa shape index (κ1) is 15.9. The van der Waals surface area contributed by atoms with Gasteiger partial charge in [-0.05, 0) is 46.3 Å². The molecule has 25 heavy (non-hydrogen) atoms. The van der Waals surface area contributed by atoms with Gasteiger partial charge in [0.15, 0.2) is 16.0 Å². The van der Waals surface area contributed by atoms with Crippen LogP contribution in [0.15, 0.2) is 62.3 Å². The average molecular weight is 419 g/mol. The van der Waals surface area contributed by atoms with E-state index in [2.05, 4.69) is 31.2 Å². The molecule has 4 rings (SSSR count). The number of aromatic nitrogens is 2. The second-order valence-electron chi connectivity index (χ2n) is 5.11. The van der Waals surface area contributed by atoms with Gasteiger partial charge < -0.3 is 14.2 Å². The van der Waals surface area contributed by atoms with Crippen molar-refractivity contribution in [2.45, 2.75) is 0 Å². The number of oxazole rings is 1. The quantitative estimate of drug-likeness (QED) is 0.497. The highest BCUT2D eigenvalue weighted by Crippen LogP contribution is 2.32. The molecule has 8 heteroatoms. The maximum atomic E-state index is 12.1. The van der Waals surface area contributed by atoms with E-state index in [4.69, 9.17) is 20.4 Å². The van der Waals surface area contributed by atoms with Crippen molar-refractivity contribution in [2.75, 3.05) is 5.32 Å². The summed E-state index contributed by atoms with van der Waals surface area (Å²) in [6.45, 7) is 0. The third-order valence-electron chi connectivity index (χ3n) is 3.44. The van der Waals surface area contributed by atoms with Gasteiger partial charge in [-0.2, -0.15) is 0 Å². The van der Waals surface area contributed by atoms with Gasteiger partial charge in [0.1, 0.15) is 5.52 Å². The van der Waals surface area contributed by atoms with Gasteiger partial charge in [0.2, 0.25) is 5.89 Å². The molecule has 124 valence electrons. The monoisotopic (exact) mass is 417 g/mol. The minimum atomic E-state index is -0.373. The lowest BCUT2D eigenvalue weighted by molar-refractivity contribution is 0.0995. The third kappa shape index (κ3) is 3.16. The van der Waals surface area contributed by atoms with E-state index in [1.807, 2.05) is 0 Å². The molecule has 0 atom stereocenters. The Hall–Kier alpha value is -2.64. The molecule has 0 spiro atoms. The number of carbonyl (C=O) groups excluding carboxylic acids is 1. The molecule has 3 heterocycles. The standard InChI is InChI=1S/C17H9BrClN3O3/c18-15-4-3-14(24-15)16(23)21-9-1-2-10(11(19)7-9)17-22-12-8-20-6-5-13(12)25-17/h1-8H,(H,21,23). The lowest BCUT2D eigenvalue weighted by atomic mass is 10.2. The summed E-state index contributed by atoms with van der Waals surface area (Å²) >= 11 is 9.48. The first-order chi connectivity index (χ1) is 12.1. The molecule has 0 radical (unpaired) electrons. The third-order valence-corrected chi connectivity index (χ3v) is 4.18. The van der Waals surface area contributed by atoms with Crippen molar-refractivity contribution in [1.82, 2.24) is 9.97 Å². The first-order valence-electron chi connectivity index (χ1n) is 7.17. The molecule has 0 saturated carbocycles. The smallest absolute Gasteiger partial charge is 0.291 e. The number of nitrogens with zero attached hydrogens (tertiary/aromatic N) is 2. The number of anilines is 1. The van der Waals surface area contributed by atoms with Crippen molar-refractivity contribution in [2.24, 2.45) is 0 Å². The molecule has 0 bridgehead atoms. The number of fused-ring (bicyclic) bond motifs is 1. The fraction of sp³-hybridized carbons (Fsp3) is 0. The number of halogens is 2. The van der Waals surface area contributed by atoms with Crippen molar-refractivity contribution in [3.05, 3.63) is 64.2 Å². The highest BCUT2D eigenvalue weighted by Gasteiger charge is 2.14. The molecule has 1 amide bonds. The van der Waals surface area contributed by atoms with Gasteiger partial charge in [0.25, 0.3) is 5.91 Å². The minimum Gasteiger partial charge on any atom is -0.444 e. The number of carbonyl (C=O) groups is 1. The number of rotatable bonds is 3. The van der Waals surface area contributed by atoms with Crippen LogP contribution in [-0.2, 0) is 0 Å². The predicted octanol–water partition coefficient (Wildman–Crippen LogP) is 5.15. The first-order valence-corrected chi connectivity index (χ1v) is 8.34. The van der Waals surface area contributed by atoms with Crippen LogP contribution in [0.1, 0.15) is 10.6 Å². The largest absolute Gasteiger partial charge is 0.444 e. The second-order valence-corrected chi connectivity index (χ2v) is 6.30. The molecule has 3 aromatic heterocycles. The van der Waals surface area contributed by atoms with Gasteiger partial charge in [-0.1, -0.05) is 11.6 Å². The van der Waals surface area contributed by atoms with Crippen LogP contribution in [0.3, 0.4) is 0 Å². The molecule has 0 unspecified atom stereocenters. The molecular weight excluding hydrogens is 410 g/mol. The summed E-state index contributed by atoms with van der Waals surface area (Å²) in [4.78, 5) is 20.5. The lowest BCUT2D eigenvalue weighted by Gasteiger charge is -2.06. The maximum Gasteiger partial charge on any atom is 0.291 e. The summed E-state index contributed by atoms with van der Waals surface area (Å²) in [6.07, 6.45) is 3.25. The van der Waals surface area contributed by atoms with Crippen molar-refractivity contribution in [1.29, 1.82) is 0 Å². The Bertz CT molecular complexity index is 1060. The molecule has 0 saturated heterocycles. The Morgan fingerprint density at radius 3 is 2.76 bits per heavy atom. The zero-order valence-corrected chi connectivity index (χ0v) is 14.8. The Labute approximate surface area is 155 Å². The fourth-order valence-corrected chi connectivity index (χ4v) is 2.86. The summed E-state index contributed by atoms with van der Waals surface area (Å²) in [7, 11) is 0. The summed E-state index contributed by atoms with van der Waals surface area (Å²) in [5.74, 6) is 0.210. The van der Waals surface area contributed by atoms with Crippen LogP contribution >= 0.6 is 27.5 Å². The van der Waals surface area contributed by atoms with Crippen LogP contribution < -0.4 is 5.32 Å². The number of hydrogen-bond donors (Lipinski definition) is 1. The van der Waals surface area contributed by atoms with Crippen molar-refractivity contribution >= 4 is 50.2 Å². The Morgan fingerprint density at radius 1 is 1.16 bits per heavy atom. The van der Waals surface area contributed by atoms with Crippen molar-refractivity contribution in [3.8, 4) is 11.5 Å². The van der Waals surface area contributed by atoms with Crippen molar-refractivity contribution in [3.63, 3.8) is 0 Å². The van der Waals surface area contributed by atoms with E-state index in [0.717, 1.165) is 0 Å². The topological polar surface area (TPSA) is 81.2 Å². The van der Waals surface area contributed by atoms with Crippen LogP contribution in [0.2, 0.25) is 5.02 Å². The summed E-state index contributed by atoms with van der Waals surface area (Å²) in [5, 5.41) is 3.12. The number of benzene rings is 1. The number of hydrogen-bond acceptors (Lipinski definition) is 5. The van der Waals surface area contributed by atoms with Gasteiger partial charge in [0, 0.05) is 18.0 Å². The predicted molar refractivity (Wildman–Crippen MR) is 96.6 cm³/mol. The van der Waals surface area contributed by atoms with Crippen LogP contribution in [0.25, 0.3) is 22.6 Å². The molecule has 1 aromatic carbocycles. The molecule has 6 nitrogen and oxygen atoms in total. The van der Waals surface area contributed by atoms with Gasteiger partial charge in [-0.3, -0.25) is 9.78 Å². The molecule has 0 aliphatic heterocycles. The summed E-state index contributed by atoms with van der Waals surface area (Å²) in [6, 6.07) is 10.0. The van der Waals surface area contributed by atoms with E-state index in [1.165, 1.54) is 0 Å². The highest BCUT2D eigenvalue weighted by molar-refractivity contribution is 9.10. The summed E-state index contributed by atoms with van der Waals surface area (Å²) in [5.41, 5.74) is 2.43. The van der Waals surface area contributed by atoms with Gasteiger partial charge in [-0.25, -0.2) is 4.98 Å². The SMILES string of the molecule is O=C(Nc1ccc(-c2nc3cnccc3o2)c(Cl)c1)c1ccc(Br)o1. The molecule has 0 aliphatic rings. The molecule has 1 N–H and O–H groups in total. The normalized spacial score (nSPS) is 11.0. The fourth-order valence-electron chi connectivity index (χ4n) is 2.29. The van der Waals surface area contributed by atoms with E-state index in [9.17, 15) is 4.79 Å². The highest BCUT2D eigenvalue weighted by atomic mass is 79.9. The average Bonchev–Trinajstić information content (AvgIpc) is 3.21. The molecular formula is C17H9BrClN3O3. The second kappa shape index (κ2) is 6.34. The Balaban J connectivity index is 1.61. The number of amides is 1. The Kier molecular flexibility index (Phi) is 4.03. The molecule has 0 fully saturated rings. The van der Waals surface area contributed by atoms with Gasteiger partial charge in [0.05, 0.1) is 16.8 Å². The van der Waals surface area contributed by atoms with Crippen LogP contribution in [0.5, 0.6) is 0 Å². The van der Waals surface area contributed by atoms with Crippen LogP contribution in [0, 0.1) is 0 Å². The maximum absolute atomic E-state index is 12.1. The minimum absolute atomic E-state index is 0.193. The summed E-state index contributed by atoms with van der Waals surface area (Å²) < 4.78 is 11.4. The molecule has 4 aromatic rings. The number of nitrogens with one attached hydrogen (secondary N) is 1. The zero-order chi connectivity index (χ0) is 17.4. The van der Waals surface area contributed by atoms with Crippen molar-refractivity contribution < 1.29 is 13.6 Å². The zero-order valence-electron chi connectivity index (χ0n) is 12.5. The number of pyridine rings is 1. The van der Waals surface area contributed by atoms with E-state index < -0.39 is 0 Å². The Morgan fingerprint density at radius 2 is 2.04 bits per heavy atom. The molecule has 0 aliphatic carbocycles. The van der Waals surface area contributed by atoms with E-state index in [0.29, 0.717) is 37.9 Å². The van der Waals surface area contributed by atoms with Crippen LogP contribution in [0.4, 0.5) is 5.69 Å². The van der Waals surface area contributed by atoms with E-state index in [1.54, 1.807) is 48.8 Å². The van der Waals surface area contributed by atoms with E-state index >= 15 is 0 Å². The van der Waals surface area contributed by atoms with Gasteiger partial charge in [-0.15, -0.1) is 0 Å². The van der Waals surface area contributed by atoms with Gasteiger partial charge >= 0.3 is 0 Å². The van der Waals surface area contributed by atoms with E-state index in [-0.39, 0.29) is 11.7 Å². The lowest BCUT2D eigenvalue weighted by Crippen LogP contribution is -2.10.